The minimum atomic E-state index is -0.418. The fourth-order valence-electron chi connectivity index (χ4n) is 2.72. The van der Waals surface area contributed by atoms with Gasteiger partial charge in [-0.2, -0.15) is 0 Å². The Morgan fingerprint density at radius 2 is 1.73 bits per heavy atom. The second kappa shape index (κ2) is 10.0. The Morgan fingerprint density at radius 1 is 1.00 bits per heavy atom. The molecule has 0 aliphatic rings. The van der Waals surface area contributed by atoms with Crippen molar-refractivity contribution in [1.29, 1.82) is 0 Å². The summed E-state index contributed by atoms with van der Waals surface area (Å²) in [7, 11) is 1.56. The van der Waals surface area contributed by atoms with Crippen molar-refractivity contribution >= 4 is 23.3 Å². The van der Waals surface area contributed by atoms with Gasteiger partial charge < -0.3 is 26.4 Å². The van der Waals surface area contributed by atoms with Gasteiger partial charge in [-0.1, -0.05) is 18.2 Å². The lowest BCUT2D eigenvalue weighted by Crippen LogP contribution is -2.35. The van der Waals surface area contributed by atoms with Crippen LogP contribution in [0.2, 0.25) is 0 Å². The molecule has 5 N–H and O–H groups in total. The van der Waals surface area contributed by atoms with Crippen molar-refractivity contribution < 1.29 is 14.3 Å². The molecule has 1 unspecified atom stereocenters. The lowest BCUT2D eigenvalue weighted by molar-refractivity contribution is 0.102. The third-order valence-electron chi connectivity index (χ3n) is 4.35. The Balaban J connectivity index is 1.51. The normalized spacial score (nSPS) is 11.3. The number of carbonyl (C=O) groups excluding carboxylic acids is 2. The van der Waals surface area contributed by atoms with Crippen molar-refractivity contribution in [3.05, 3.63) is 84.2 Å². The van der Waals surface area contributed by atoms with E-state index in [1.165, 1.54) is 0 Å². The molecular formula is C22H23N5O3. The molecule has 1 atom stereocenters. The van der Waals surface area contributed by atoms with Gasteiger partial charge >= 0.3 is 6.03 Å². The number of hydrogen-bond donors (Lipinski definition) is 4. The maximum absolute atomic E-state index is 12.3. The van der Waals surface area contributed by atoms with E-state index in [0.717, 1.165) is 5.56 Å². The number of nitrogens with one attached hydrogen (secondary N) is 3. The van der Waals surface area contributed by atoms with E-state index in [0.29, 0.717) is 22.7 Å². The molecule has 2 aromatic carbocycles. The number of ether oxygens (including phenoxy) is 1. The van der Waals surface area contributed by atoms with E-state index in [-0.39, 0.29) is 18.5 Å². The Hall–Kier alpha value is -3.91. The van der Waals surface area contributed by atoms with Crippen molar-refractivity contribution in [2.75, 3.05) is 24.3 Å². The Morgan fingerprint density at radius 3 is 2.43 bits per heavy atom. The molecule has 0 aliphatic heterocycles. The van der Waals surface area contributed by atoms with Crippen LogP contribution in [0.25, 0.3) is 0 Å². The fourth-order valence-corrected chi connectivity index (χ4v) is 2.72. The van der Waals surface area contributed by atoms with Crippen LogP contribution in [0.5, 0.6) is 5.75 Å². The zero-order valence-corrected chi connectivity index (χ0v) is 16.5. The quantitative estimate of drug-likeness (QED) is 0.481. The second-order valence-electron chi connectivity index (χ2n) is 6.49. The summed E-state index contributed by atoms with van der Waals surface area (Å²) < 4.78 is 5.13. The zero-order valence-electron chi connectivity index (χ0n) is 16.5. The molecule has 0 radical (unpaired) electrons. The third-order valence-corrected chi connectivity index (χ3v) is 4.35. The summed E-state index contributed by atoms with van der Waals surface area (Å²) in [6.07, 6.45) is 3.21. The molecule has 3 rings (SSSR count). The number of anilines is 2. The van der Waals surface area contributed by atoms with Crippen LogP contribution in [-0.2, 0) is 0 Å². The summed E-state index contributed by atoms with van der Waals surface area (Å²) in [5.74, 6) is 0.426. The molecule has 1 aromatic heterocycles. The van der Waals surface area contributed by atoms with Crippen molar-refractivity contribution in [2.24, 2.45) is 5.73 Å². The second-order valence-corrected chi connectivity index (χ2v) is 6.49. The van der Waals surface area contributed by atoms with E-state index in [1.54, 1.807) is 80.2 Å². The van der Waals surface area contributed by atoms with E-state index in [4.69, 9.17) is 10.5 Å². The highest BCUT2D eigenvalue weighted by Crippen LogP contribution is 2.17. The van der Waals surface area contributed by atoms with Gasteiger partial charge in [-0.05, 0) is 42.0 Å². The standard InChI is InChI=1S/C22H23N5O3/c1-30-19-4-2-3-18(13-19)27-22(29)25-14-20(23)15-5-7-16(8-6-15)21(28)26-17-9-11-24-12-10-17/h2-13,20H,14,23H2,1H3,(H,24,26,28)(H2,25,27,29). The number of pyridine rings is 1. The van der Waals surface area contributed by atoms with Gasteiger partial charge in [-0.3, -0.25) is 9.78 Å². The van der Waals surface area contributed by atoms with Gasteiger partial charge in [0.25, 0.3) is 5.91 Å². The molecule has 154 valence electrons. The Kier molecular flexibility index (Phi) is 6.96. The highest BCUT2D eigenvalue weighted by atomic mass is 16.5. The van der Waals surface area contributed by atoms with Crippen LogP contribution in [-0.4, -0.2) is 30.6 Å². The number of nitrogens with zero attached hydrogens (tertiary/aromatic N) is 1. The van der Waals surface area contributed by atoms with Crippen LogP contribution in [0.4, 0.5) is 16.2 Å². The third kappa shape index (κ3) is 5.79. The lowest BCUT2D eigenvalue weighted by atomic mass is 10.1. The first-order valence-electron chi connectivity index (χ1n) is 9.31. The predicted octanol–water partition coefficient (Wildman–Crippen LogP) is 3.16. The molecule has 0 aliphatic carbocycles. The summed E-state index contributed by atoms with van der Waals surface area (Å²) >= 11 is 0. The van der Waals surface area contributed by atoms with Gasteiger partial charge in [0, 0.05) is 48.0 Å². The van der Waals surface area contributed by atoms with Crippen LogP contribution >= 0.6 is 0 Å². The number of amides is 3. The topological polar surface area (TPSA) is 118 Å². The molecule has 1 heterocycles. The van der Waals surface area contributed by atoms with Crippen LogP contribution < -0.4 is 26.4 Å². The maximum atomic E-state index is 12.3. The lowest BCUT2D eigenvalue weighted by Gasteiger charge is -2.14. The SMILES string of the molecule is COc1cccc(NC(=O)NCC(N)c2ccc(C(=O)Nc3ccncc3)cc2)c1. The van der Waals surface area contributed by atoms with Crippen LogP contribution in [0.1, 0.15) is 22.0 Å². The number of aromatic nitrogens is 1. The molecule has 0 saturated heterocycles. The van der Waals surface area contributed by atoms with E-state index in [9.17, 15) is 9.59 Å². The number of carbonyl (C=O) groups is 2. The van der Waals surface area contributed by atoms with E-state index in [2.05, 4.69) is 20.9 Å². The van der Waals surface area contributed by atoms with Crippen molar-refractivity contribution in [2.45, 2.75) is 6.04 Å². The van der Waals surface area contributed by atoms with Gasteiger partial charge in [0.15, 0.2) is 0 Å². The summed E-state index contributed by atoms with van der Waals surface area (Å²) in [6.45, 7) is 0.234. The number of methoxy groups -OCH3 is 1. The van der Waals surface area contributed by atoms with E-state index >= 15 is 0 Å². The van der Waals surface area contributed by atoms with Gasteiger partial charge in [0.2, 0.25) is 0 Å². The van der Waals surface area contributed by atoms with E-state index < -0.39 is 6.04 Å². The van der Waals surface area contributed by atoms with Crippen LogP contribution in [0.15, 0.2) is 73.1 Å². The number of urea groups is 1. The Labute approximate surface area is 174 Å². The maximum Gasteiger partial charge on any atom is 0.319 e. The minimum Gasteiger partial charge on any atom is -0.497 e. The fraction of sp³-hybridized carbons (Fsp3) is 0.136. The number of hydrogen-bond acceptors (Lipinski definition) is 5. The minimum absolute atomic E-state index is 0.225. The van der Waals surface area contributed by atoms with Crippen molar-refractivity contribution in [1.82, 2.24) is 10.3 Å². The highest BCUT2D eigenvalue weighted by Gasteiger charge is 2.11. The molecule has 30 heavy (non-hydrogen) atoms. The molecule has 8 heteroatoms. The molecule has 0 bridgehead atoms. The van der Waals surface area contributed by atoms with Gasteiger partial charge in [0.05, 0.1) is 7.11 Å². The average Bonchev–Trinajstić information content (AvgIpc) is 2.78. The van der Waals surface area contributed by atoms with Crippen molar-refractivity contribution in [3.8, 4) is 5.75 Å². The number of nitrogens with two attached hydrogens (primary N) is 1. The molecule has 8 nitrogen and oxygen atoms in total. The summed E-state index contributed by atoms with van der Waals surface area (Å²) in [6, 6.07) is 16.6. The van der Waals surface area contributed by atoms with E-state index in [1.807, 2.05) is 0 Å². The molecule has 3 aromatic rings. The molecular weight excluding hydrogens is 382 g/mol. The zero-order chi connectivity index (χ0) is 21.3. The molecule has 0 saturated carbocycles. The first-order valence-corrected chi connectivity index (χ1v) is 9.31. The largest absolute Gasteiger partial charge is 0.497 e. The monoisotopic (exact) mass is 405 g/mol. The number of rotatable bonds is 7. The predicted molar refractivity (Wildman–Crippen MR) is 116 cm³/mol. The van der Waals surface area contributed by atoms with Crippen molar-refractivity contribution in [3.63, 3.8) is 0 Å². The summed E-state index contributed by atoms with van der Waals surface area (Å²) in [4.78, 5) is 28.3. The summed E-state index contributed by atoms with van der Waals surface area (Å²) in [5.41, 5.74) is 8.76. The highest BCUT2D eigenvalue weighted by molar-refractivity contribution is 6.04. The average molecular weight is 405 g/mol. The molecule has 0 spiro atoms. The van der Waals surface area contributed by atoms with Crippen LogP contribution in [0.3, 0.4) is 0 Å². The van der Waals surface area contributed by atoms with Crippen LogP contribution in [0, 0.1) is 0 Å². The van der Waals surface area contributed by atoms with Gasteiger partial charge in [-0.25, -0.2) is 4.79 Å². The first-order chi connectivity index (χ1) is 14.5. The smallest absolute Gasteiger partial charge is 0.319 e. The van der Waals surface area contributed by atoms with Gasteiger partial charge in [-0.15, -0.1) is 0 Å². The number of benzene rings is 2. The molecule has 0 fully saturated rings. The summed E-state index contributed by atoms with van der Waals surface area (Å²) in [5, 5.41) is 8.26. The first kappa shape index (κ1) is 20.8. The molecule has 3 amide bonds. The van der Waals surface area contributed by atoms with Gasteiger partial charge in [0.1, 0.15) is 5.75 Å². The Bertz CT molecular complexity index is 993.